The SMILES string of the molecule is COc1ccc(/C=C2\S/C(=N\Nc3ccccc3)NC2=O)cc1OC. The van der Waals surface area contributed by atoms with Crippen LogP contribution in [0.15, 0.2) is 58.5 Å². The van der Waals surface area contributed by atoms with Crippen molar-refractivity contribution in [2.75, 3.05) is 19.6 Å². The lowest BCUT2D eigenvalue weighted by Crippen LogP contribution is -2.20. The molecule has 2 aromatic rings. The Morgan fingerprint density at radius 2 is 1.84 bits per heavy atom. The third kappa shape index (κ3) is 4.13. The predicted molar refractivity (Wildman–Crippen MR) is 101 cm³/mol. The molecule has 0 bridgehead atoms. The van der Waals surface area contributed by atoms with E-state index in [-0.39, 0.29) is 5.91 Å². The highest BCUT2D eigenvalue weighted by molar-refractivity contribution is 8.18. The first kappa shape index (κ1) is 16.9. The van der Waals surface area contributed by atoms with Gasteiger partial charge in [-0.25, -0.2) is 0 Å². The molecular formula is C18H17N3O3S. The highest BCUT2D eigenvalue weighted by Crippen LogP contribution is 2.31. The van der Waals surface area contributed by atoms with E-state index in [1.165, 1.54) is 11.8 Å². The number of carbonyl (C=O) groups is 1. The summed E-state index contributed by atoms with van der Waals surface area (Å²) in [6.45, 7) is 0. The quantitative estimate of drug-likeness (QED) is 0.636. The molecule has 1 amide bonds. The van der Waals surface area contributed by atoms with Crippen molar-refractivity contribution >= 4 is 34.6 Å². The third-order valence-corrected chi connectivity index (χ3v) is 4.33. The first-order valence-corrected chi connectivity index (χ1v) is 8.33. The number of nitrogens with zero attached hydrogens (tertiary/aromatic N) is 1. The number of benzene rings is 2. The molecule has 0 aliphatic carbocycles. The lowest BCUT2D eigenvalue weighted by molar-refractivity contribution is -0.115. The van der Waals surface area contributed by atoms with Crippen LogP contribution in [0.3, 0.4) is 0 Å². The van der Waals surface area contributed by atoms with Gasteiger partial charge >= 0.3 is 0 Å². The van der Waals surface area contributed by atoms with Crippen LogP contribution in [0.2, 0.25) is 0 Å². The van der Waals surface area contributed by atoms with Crippen LogP contribution in [0.4, 0.5) is 5.69 Å². The van der Waals surface area contributed by atoms with Crippen molar-refractivity contribution in [3.05, 3.63) is 59.0 Å². The zero-order valence-electron chi connectivity index (χ0n) is 13.8. The first-order valence-electron chi connectivity index (χ1n) is 7.51. The Labute approximate surface area is 149 Å². The number of thioether (sulfide) groups is 1. The molecule has 1 aliphatic rings. The third-order valence-electron chi connectivity index (χ3n) is 3.42. The van der Waals surface area contributed by atoms with Crippen molar-refractivity contribution in [2.24, 2.45) is 5.10 Å². The fourth-order valence-electron chi connectivity index (χ4n) is 2.20. The second-order valence-electron chi connectivity index (χ2n) is 5.07. The molecule has 25 heavy (non-hydrogen) atoms. The summed E-state index contributed by atoms with van der Waals surface area (Å²) in [7, 11) is 3.16. The maximum absolute atomic E-state index is 12.1. The first-order chi connectivity index (χ1) is 12.2. The summed E-state index contributed by atoms with van der Waals surface area (Å²) < 4.78 is 10.5. The van der Waals surface area contributed by atoms with Gasteiger partial charge in [0.25, 0.3) is 5.91 Å². The van der Waals surface area contributed by atoms with Gasteiger partial charge in [-0.3, -0.25) is 15.5 Å². The zero-order chi connectivity index (χ0) is 17.6. The maximum Gasteiger partial charge on any atom is 0.264 e. The summed E-state index contributed by atoms with van der Waals surface area (Å²) in [4.78, 5) is 12.7. The fraction of sp³-hybridized carbons (Fsp3) is 0.111. The lowest BCUT2D eigenvalue weighted by Gasteiger charge is -2.07. The van der Waals surface area contributed by atoms with Crippen molar-refractivity contribution < 1.29 is 14.3 Å². The van der Waals surface area contributed by atoms with Gasteiger partial charge in [0.15, 0.2) is 16.7 Å². The van der Waals surface area contributed by atoms with Gasteiger partial charge in [0.05, 0.1) is 24.8 Å². The van der Waals surface area contributed by atoms with Crippen LogP contribution in [-0.4, -0.2) is 25.3 Å². The number of amidine groups is 1. The Kier molecular flexibility index (Phi) is 5.25. The Bertz CT molecular complexity index is 835. The summed E-state index contributed by atoms with van der Waals surface area (Å²) in [6.07, 6.45) is 1.78. The molecule has 0 spiro atoms. The number of para-hydroxylation sites is 1. The number of rotatable bonds is 5. The Hall–Kier alpha value is -2.93. The smallest absolute Gasteiger partial charge is 0.264 e. The Morgan fingerprint density at radius 1 is 1.08 bits per heavy atom. The number of nitrogens with one attached hydrogen (secondary N) is 2. The van der Waals surface area contributed by atoms with E-state index in [2.05, 4.69) is 15.8 Å². The van der Waals surface area contributed by atoms with Crippen molar-refractivity contribution in [1.29, 1.82) is 0 Å². The van der Waals surface area contributed by atoms with E-state index in [4.69, 9.17) is 9.47 Å². The number of amides is 1. The number of hydrazone groups is 1. The van der Waals surface area contributed by atoms with E-state index < -0.39 is 0 Å². The number of carbonyl (C=O) groups excluding carboxylic acids is 1. The average Bonchev–Trinajstić information content (AvgIpc) is 3.00. The molecule has 0 atom stereocenters. The molecule has 0 radical (unpaired) electrons. The molecule has 1 heterocycles. The number of methoxy groups -OCH3 is 2. The number of hydrogen-bond donors (Lipinski definition) is 2. The van der Waals surface area contributed by atoms with Crippen molar-refractivity contribution in [1.82, 2.24) is 5.32 Å². The molecule has 0 saturated carbocycles. The second kappa shape index (κ2) is 7.76. The molecule has 2 aromatic carbocycles. The Morgan fingerprint density at radius 3 is 2.56 bits per heavy atom. The monoisotopic (exact) mass is 355 g/mol. The normalized spacial score (nSPS) is 16.8. The van der Waals surface area contributed by atoms with Gasteiger partial charge < -0.3 is 9.47 Å². The zero-order valence-corrected chi connectivity index (χ0v) is 14.6. The van der Waals surface area contributed by atoms with Gasteiger partial charge in [-0.15, -0.1) is 5.10 Å². The molecule has 0 aromatic heterocycles. The van der Waals surface area contributed by atoms with Gasteiger partial charge in [0.1, 0.15) is 0 Å². The highest BCUT2D eigenvalue weighted by Gasteiger charge is 2.24. The summed E-state index contributed by atoms with van der Waals surface area (Å²) in [5, 5.41) is 7.44. The summed E-state index contributed by atoms with van der Waals surface area (Å²) in [5.41, 5.74) is 4.60. The van der Waals surface area contributed by atoms with Crippen molar-refractivity contribution in [2.45, 2.75) is 0 Å². The average molecular weight is 355 g/mol. The number of anilines is 1. The minimum atomic E-state index is -0.187. The minimum Gasteiger partial charge on any atom is -0.493 e. The van der Waals surface area contributed by atoms with Crippen LogP contribution in [0.25, 0.3) is 6.08 Å². The summed E-state index contributed by atoms with van der Waals surface area (Å²) >= 11 is 1.27. The topological polar surface area (TPSA) is 72.0 Å². The molecule has 2 N–H and O–H groups in total. The van der Waals surface area contributed by atoms with Gasteiger partial charge in [-0.05, 0) is 47.7 Å². The molecule has 7 heteroatoms. The van der Waals surface area contributed by atoms with E-state index in [0.717, 1.165) is 11.3 Å². The molecule has 6 nitrogen and oxygen atoms in total. The standard InChI is InChI=1S/C18H17N3O3S/c1-23-14-9-8-12(10-15(14)24-2)11-16-17(22)19-18(25-16)21-20-13-6-4-3-5-7-13/h3-11,20H,1-2H3,(H,19,21,22)/b16-11-. The molecule has 1 aliphatic heterocycles. The molecule has 3 rings (SSSR count). The van der Waals surface area contributed by atoms with Gasteiger partial charge in [-0.2, -0.15) is 0 Å². The van der Waals surface area contributed by atoms with Gasteiger partial charge in [0.2, 0.25) is 0 Å². The van der Waals surface area contributed by atoms with Crippen LogP contribution < -0.4 is 20.2 Å². The van der Waals surface area contributed by atoms with Crippen LogP contribution >= 0.6 is 11.8 Å². The second-order valence-corrected chi connectivity index (χ2v) is 6.10. The largest absolute Gasteiger partial charge is 0.493 e. The maximum atomic E-state index is 12.1. The van der Waals surface area contributed by atoms with Gasteiger partial charge in [-0.1, -0.05) is 24.3 Å². The minimum absolute atomic E-state index is 0.187. The lowest BCUT2D eigenvalue weighted by atomic mass is 10.2. The van der Waals surface area contributed by atoms with E-state index in [1.54, 1.807) is 26.4 Å². The van der Waals surface area contributed by atoms with Crippen LogP contribution in [0.5, 0.6) is 11.5 Å². The van der Waals surface area contributed by atoms with Crippen LogP contribution in [-0.2, 0) is 4.79 Å². The summed E-state index contributed by atoms with van der Waals surface area (Å²) in [6, 6.07) is 15.0. The fourth-order valence-corrected chi connectivity index (χ4v) is 2.98. The van der Waals surface area contributed by atoms with Crippen molar-refractivity contribution in [3.63, 3.8) is 0 Å². The van der Waals surface area contributed by atoms with E-state index in [0.29, 0.717) is 21.6 Å². The van der Waals surface area contributed by atoms with Crippen LogP contribution in [0, 0.1) is 0 Å². The van der Waals surface area contributed by atoms with Crippen molar-refractivity contribution in [3.8, 4) is 11.5 Å². The number of hydrogen-bond acceptors (Lipinski definition) is 6. The van der Waals surface area contributed by atoms with E-state index in [1.807, 2.05) is 42.5 Å². The van der Waals surface area contributed by atoms with Gasteiger partial charge in [0, 0.05) is 0 Å². The molecule has 1 saturated heterocycles. The van der Waals surface area contributed by atoms with E-state index >= 15 is 0 Å². The number of ether oxygens (including phenoxy) is 2. The molecule has 128 valence electrons. The predicted octanol–water partition coefficient (Wildman–Crippen LogP) is 3.29. The molecular weight excluding hydrogens is 338 g/mol. The van der Waals surface area contributed by atoms with E-state index in [9.17, 15) is 4.79 Å². The van der Waals surface area contributed by atoms with Crippen LogP contribution in [0.1, 0.15) is 5.56 Å². The highest BCUT2D eigenvalue weighted by atomic mass is 32.2. The Balaban J connectivity index is 1.75. The molecule has 1 fully saturated rings. The molecule has 0 unspecified atom stereocenters. The summed E-state index contributed by atoms with van der Waals surface area (Å²) in [5.74, 6) is 1.07.